The third-order valence-electron chi connectivity index (χ3n) is 5.89. The molecule has 8 nitrogen and oxygen atoms in total. The molecule has 0 radical (unpaired) electrons. The lowest BCUT2D eigenvalue weighted by Crippen LogP contribution is -2.40. The highest BCUT2D eigenvalue weighted by atomic mass is 16.5. The van der Waals surface area contributed by atoms with Crippen molar-refractivity contribution in [1.82, 2.24) is 15.0 Å². The monoisotopic (exact) mass is 427 g/mol. The molecule has 2 aromatic rings. The van der Waals surface area contributed by atoms with E-state index >= 15 is 0 Å². The van der Waals surface area contributed by atoms with E-state index in [0.29, 0.717) is 31.9 Å². The Labute approximate surface area is 182 Å². The molecule has 2 fully saturated rings. The second-order valence-electron chi connectivity index (χ2n) is 8.03. The number of hydrogen-bond acceptors (Lipinski definition) is 6. The van der Waals surface area contributed by atoms with E-state index in [2.05, 4.69) is 5.16 Å². The summed E-state index contributed by atoms with van der Waals surface area (Å²) in [5.74, 6) is 1.11. The van der Waals surface area contributed by atoms with E-state index in [-0.39, 0.29) is 23.6 Å². The number of nitrogens with zero attached hydrogens (tertiary/aromatic N) is 3. The van der Waals surface area contributed by atoms with E-state index in [4.69, 9.17) is 14.0 Å². The average Bonchev–Trinajstić information content (AvgIpc) is 3.58. The van der Waals surface area contributed by atoms with E-state index in [1.54, 1.807) is 18.1 Å². The number of amides is 2. The van der Waals surface area contributed by atoms with Crippen LogP contribution in [0, 0.1) is 0 Å². The number of carbonyl (C=O) groups is 2. The minimum atomic E-state index is -0.242. The molecule has 3 heterocycles. The maximum Gasteiger partial charge on any atom is 0.276 e. The molecule has 1 atom stereocenters. The molecule has 0 N–H and O–H groups in total. The zero-order valence-electron chi connectivity index (χ0n) is 17.9. The third-order valence-corrected chi connectivity index (χ3v) is 5.89. The zero-order valence-corrected chi connectivity index (χ0v) is 17.9. The fourth-order valence-electron chi connectivity index (χ4n) is 4.09. The van der Waals surface area contributed by atoms with E-state index in [9.17, 15) is 9.59 Å². The summed E-state index contributed by atoms with van der Waals surface area (Å²) < 4.78 is 16.3. The van der Waals surface area contributed by atoms with E-state index in [0.717, 1.165) is 50.1 Å². The molecule has 166 valence electrons. The summed E-state index contributed by atoms with van der Waals surface area (Å²) in [6, 6.07) is 9.01. The minimum absolute atomic E-state index is 0.00111. The normalized spacial score (nSPS) is 18.4. The fraction of sp³-hybridized carbons (Fsp3) is 0.522. The quantitative estimate of drug-likeness (QED) is 0.644. The number of aromatic nitrogens is 1. The smallest absolute Gasteiger partial charge is 0.276 e. The molecule has 1 aromatic carbocycles. The number of carbonyl (C=O) groups excluding carboxylic acids is 2. The molecule has 0 spiro atoms. The van der Waals surface area contributed by atoms with Crippen molar-refractivity contribution in [1.29, 1.82) is 0 Å². The van der Waals surface area contributed by atoms with Crippen molar-refractivity contribution in [2.45, 2.75) is 38.2 Å². The Morgan fingerprint density at radius 2 is 1.97 bits per heavy atom. The average molecular weight is 428 g/mol. The van der Waals surface area contributed by atoms with Crippen molar-refractivity contribution in [3.05, 3.63) is 36.0 Å². The van der Waals surface area contributed by atoms with E-state index in [1.165, 1.54) is 0 Å². The number of likely N-dealkylation sites (tertiary alicyclic amines) is 1. The molecular weight excluding hydrogens is 398 g/mol. The summed E-state index contributed by atoms with van der Waals surface area (Å²) in [6.07, 6.45) is 4.32. The standard InChI is InChI=1S/C23H29N3O5/c1-29-18-8-6-17(7-9-18)21-15-20(24-31-21)23(28)26(16-19-5-4-14-30-19)13-10-22(27)25-11-2-3-12-25/h6-9,15,19H,2-5,10-14,16H2,1H3. The largest absolute Gasteiger partial charge is 0.497 e. The lowest BCUT2D eigenvalue weighted by Gasteiger charge is -2.25. The molecule has 1 aromatic heterocycles. The van der Waals surface area contributed by atoms with Gasteiger partial charge in [-0.15, -0.1) is 0 Å². The SMILES string of the molecule is COc1ccc(-c2cc(C(=O)N(CCC(=O)N3CCCC3)CC3CCCO3)no2)cc1. The second kappa shape index (κ2) is 9.96. The Hall–Kier alpha value is -2.87. The number of hydrogen-bond donors (Lipinski definition) is 0. The first kappa shape index (κ1) is 21.4. The van der Waals surface area contributed by atoms with Gasteiger partial charge in [-0.05, 0) is 49.9 Å². The van der Waals surface area contributed by atoms with Crippen molar-refractivity contribution in [3.63, 3.8) is 0 Å². The molecule has 1 unspecified atom stereocenters. The van der Waals surface area contributed by atoms with Crippen molar-refractivity contribution in [3.8, 4) is 17.1 Å². The predicted molar refractivity (Wildman–Crippen MR) is 114 cm³/mol. The Kier molecular flexibility index (Phi) is 6.86. The Morgan fingerprint density at radius 1 is 1.19 bits per heavy atom. The van der Waals surface area contributed by atoms with E-state index in [1.807, 2.05) is 29.2 Å². The van der Waals surface area contributed by atoms with Crippen LogP contribution in [0.2, 0.25) is 0 Å². The third kappa shape index (κ3) is 5.25. The van der Waals surface area contributed by atoms with Crippen molar-refractivity contribution in [2.75, 3.05) is 39.9 Å². The second-order valence-corrected chi connectivity index (χ2v) is 8.03. The number of rotatable bonds is 8. The number of methoxy groups -OCH3 is 1. The van der Waals surface area contributed by atoms with Crippen molar-refractivity contribution in [2.24, 2.45) is 0 Å². The maximum atomic E-state index is 13.2. The van der Waals surface area contributed by atoms with Crippen LogP contribution in [0.5, 0.6) is 5.75 Å². The van der Waals surface area contributed by atoms with Crippen LogP contribution in [0.3, 0.4) is 0 Å². The van der Waals surface area contributed by atoms with Crippen LogP contribution in [0.1, 0.15) is 42.6 Å². The highest BCUT2D eigenvalue weighted by Gasteiger charge is 2.27. The van der Waals surface area contributed by atoms with Gasteiger partial charge in [0.05, 0.1) is 13.2 Å². The molecule has 0 aliphatic carbocycles. The summed E-state index contributed by atoms with van der Waals surface area (Å²) >= 11 is 0. The molecule has 4 rings (SSSR count). The van der Waals surface area contributed by atoms with Crippen LogP contribution >= 0.6 is 0 Å². The molecular formula is C23H29N3O5. The summed E-state index contributed by atoms with van der Waals surface area (Å²) in [6.45, 7) is 3.14. The predicted octanol–water partition coefficient (Wildman–Crippen LogP) is 2.98. The van der Waals surface area contributed by atoms with Gasteiger partial charge in [-0.25, -0.2) is 0 Å². The highest BCUT2D eigenvalue weighted by Crippen LogP contribution is 2.24. The molecule has 0 bridgehead atoms. The molecule has 31 heavy (non-hydrogen) atoms. The summed E-state index contributed by atoms with van der Waals surface area (Å²) in [7, 11) is 1.61. The van der Waals surface area contributed by atoms with Crippen LogP contribution in [0.4, 0.5) is 0 Å². The Balaban J connectivity index is 1.45. The molecule has 0 saturated carbocycles. The first-order valence-corrected chi connectivity index (χ1v) is 10.9. The first-order valence-electron chi connectivity index (χ1n) is 10.9. The Morgan fingerprint density at radius 3 is 2.65 bits per heavy atom. The first-order chi connectivity index (χ1) is 15.1. The summed E-state index contributed by atoms with van der Waals surface area (Å²) in [4.78, 5) is 29.3. The number of benzene rings is 1. The van der Waals surface area contributed by atoms with Gasteiger partial charge in [0.25, 0.3) is 5.91 Å². The van der Waals surface area contributed by atoms with Gasteiger partial charge >= 0.3 is 0 Å². The molecule has 2 aliphatic heterocycles. The topological polar surface area (TPSA) is 85.1 Å². The van der Waals surface area contributed by atoms with Crippen LogP contribution in [0.15, 0.2) is 34.9 Å². The van der Waals surface area contributed by atoms with Crippen molar-refractivity contribution < 1.29 is 23.6 Å². The number of ether oxygens (including phenoxy) is 2. The zero-order chi connectivity index (χ0) is 21.6. The van der Waals surface area contributed by atoms with Crippen LogP contribution in [-0.2, 0) is 9.53 Å². The van der Waals surface area contributed by atoms with Gasteiger partial charge in [-0.3, -0.25) is 9.59 Å². The summed E-state index contributed by atoms with van der Waals surface area (Å²) in [5, 5.41) is 4.00. The van der Waals surface area contributed by atoms with Gasteiger partial charge in [0.2, 0.25) is 5.91 Å². The van der Waals surface area contributed by atoms with Crippen LogP contribution in [0.25, 0.3) is 11.3 Å². The van der Waals surface area contributed by atoms with Gasteiger partial charge in [0.15, 0.2) is 11.5 Å². The van der Waals surface area contributed by atoms with Gasteiger partial charge in [-0.2, -0.15) is 0 Å². The van der Waals surface area contributed by atoms with E-state index < -0.39 is 0 Å². The lowest BCUT2D eigenvalue weighted by molar-refractivity contribution is -0.130. The van der Waals surface area contributed by atoms with Gasteiger partial charge < -0.3 is 23.8 Å². The van der Waals surface area contributed by atoms with Crippen LogP contribution in [-0.4, -0.2) is 72.8 Å². The molecule has 8 heteroatoms. The lowest BCUT2D eigenvalue weighted by atomic mass is 10.1. The minimum Gasteiger partial charge on any atom is -0.497 e. The van der Waals surface area contributed by atoms with Gasteiger partial charge in [-0.1, -0.05) is 5.16 Å². The Bertz CT molecular complexity index is 883. The molecule has 2 saturated heterocycles. The molecule has 2 aliphatic rings. The maximum absolute atomic E-state index is 13.2. The molecule has 2 amide bonds. The fourth-order valence-corrected chi connectivity index (χ4v) is 4.09. The highest BCUT2D eigenvalue weighted by molar-refractivity contribution is 5.93. The summed E-state index contributed by atoms with van der Waals surface area (Å²) in [5.41, 5.74) is 1.04. The van der Waals surface area contributed by atoms with Crippen molar-refractivity contribution >= 4 is 11.8 Å². The van der Waals surface area contributed by atoms with Gasteiger partial charge in [0.1, 0.15) is 5.75 Å². The van der Waals surface area contributed by atoms with Crippen LogP contribution < -0.4 is 4.74 Å². The van der Waals surface area contributed by atoms with Gasteiger partial charge in [0, 0.05) is 50.8 Å².